The Morgan fingerprint density at radius 2 is 2.06 bits per heavy atom. The maximum atomic E-state index is 5.94. The summed E-state index contributed by atoms with van der Waals surface area (Å²) in [5, 5.41) is 0. The Balaban J connectivity index is 0.00000162. The molecular formula is C13H22ClN3O. The lowest BCUT2D eigenvalue weighted by Crippen LogP contribution is -2.39. The summed E-state index contributed by atoms with van der Waals surface area (Å²) in [7, 11) is 1.64. The van der Waals surface area contributed by atoms with Crippen LogP contribution in [0.1, 0.15) is 19.8 Å². The van der Waals surface area contributed by atoms with Gasteiger partial charge in [0.05, 0.1) is 19.0 Å². The van der Waals surface area contributed by atoms with Crippen molar-refractivity contribution in [1.29, 1.82) is 0 Å². The summed E-state index contributed by atoms with van der Waals surface area (Å²) in [5.41, 5.74) is 7.12. The smallest absolute Gasteiger partial charge is 0.213 e. The molecule has 2 heterocycles. The first-order valence-electron chi connectivity index (χ1n) is 6.21. The molecule has 1 fully saturated rings. The van der Waals surface area contributed by atoms with E-state index in [2.05, 4.69) is 22.9 Å². The van der Waals surface area contributed by atoms with E-state index in [4.69, 9.17) is 10.5 Å². The molecule has 18 heavy (non-hydrogen) atoms. The lowest BCUT2D eigenvalue weighted by atomic mass is 9.91. The maximum Gasteiger partial charge on any atom is 0.213 e. The third-order valence-corrected chi connectivity index (χ3v) is 3.58. The number of nitrogens with two attached hydrogens (primary N) is 1. The van der Waals surface area contributed by atoms with Gasteiger partial charge in [0.1, 0.15) is 0 Å². The fraction of sp³-hybridized carbons (Fsp3) is 0.615. The van der Waals surface area contributed by atoms with Crippen LogP contribution in [0.2, 0.25) is 0 Å². The van der Waals surface area contributed by atoms with Gasteiger partial charge >= 0.3 is 0 Å². The first kappa shape index (κ1) is 15.1. The van der Waals surface area contributed by atoms with Crippen molar-refractivity contribution < 1.29 is 4.74 Å². The second-order valence-electron chi connectivity index (χ2n) is 4.74. The van der Waals surface area contributed by atoms with Gasteiger partial charge in [0, 0.05) is 25.2 Å². The topological polar surface area (TPSA) is 51.4 Å². The molecule has 0 spiro atoms. The van der Waals surface area contributed by atoms with Crippen molar-refractivity contribution in [2.45, 2.75) is 25.8 Å². The van der Waals surface area contributed by atoms with Crippen molar-refractivity contribution in [3.05, 3.63) is 18.3 Å². The molecular weight excluding hydrogens is 250 g/mol. The molecule has 0 aromatic carbocycles. The predicted octanol–water partition coefficient (Wildman–Crippen LogP) is 2.08. The van der Waals surface area contributed by atoms with Crippen LogP contribution in [0, 0.1) is 5.92 Å². The Morgan fingerprint density at radius 3 is 2.50 bits per heavy atom. The van der Waals surface area contributed by atoms with E-state index in [9.17, 15) is 0 Å². The Kier molecular flexibility index (Phi) is 5.69. The molecule has 1 atom stereocenters. The highest BCUT2D eigenvalue weighted by molar-refractivity contribution is 5.85. The fourth-order valence-corrected chi connectivity index (χ4v) is 2.36. The number of aromatic nitrogens is 1. The molecule has 4 nitrogen and oxygen atoms in total. The van der Waals surface area contributed by atoms with E-state index in [-0.39, 0.29) is 12.4 Å². The number of rotatable bonds is 3. The van der Waals surface area contributed by atoms with Crippen LogP contribution in [0.4, 0.5) is 5.69 Å². The van der Waals surface area contributed by atoms with Gasteiger partial charge < -0.3 is 15.4 Å². The highest BCUT2D eigenvalue weighted by Crippen LogP contribution is 2.24. The minimum absolute atomic E-state index is 0. The molecule has 2 rings (SSSR count). The second-order valence-corrected chi connectivity index (χ2v) is 4.74. The van der Waals surface area contributed by atoms with Crippen molar-refractivity contribution in [3.8, 4) is 5.88 Å². The molecule has 5 heteroatoms. The summed E-state index contributed by atoms with van der Waals surface area (Å²) in [4.78, 5) is 6.60. The Hall–Kier alpha value is -1.00. The van der Waals surface area contributed by atoms with Crippen LogP contribution in [0.15, 0.2) is 18.3 Å². The average Bonchev–Trinajstić information content (AvgIpc) is 2.39. The highest BCUT2D eigenvalue weighted by Gasteiger charge is 2.22. The van der Waals surface area contributed by atoms with Crippen molar-refractivity contribution in [2.24, 2.45) is 11.7 Å². The number of nitrogens with zero attached hydrogens (tertiary/aromatic N) is 2. The number of hydrogen-bond acceptors (Lipinski definition) is 4. The number of anilines is 1. The third-order valence-electron chi connectivity index (χ3n) is 3.58. The maximum absolute atomic E-state index is 5.94. The van der Waals surface area contributed by atoms with Crippen LogP contribution >= 0.6 is 12.4 Å². The van der Waals surface area contributed by atoms with Gasteiger partial charge in [-0.3, -0.25) is 0 Å². The van der Waals surface area contributed by atoms with E-state index >= 15 is 0 Å². The van der Waals surface area contributed by atoms with Gasteiger partial charge in [0.25, 0.3) is 0 Å². The zero-order valence-corrected chi connectivity index (χ0v) is 11.8. The first-order valence-corrected chi connectivity index (χ1v) is 6.21. The van der Waals surface area contributed by atoms with Gasteiger partial charge in [-0.1, -0.05) is 0 Å². The largest absolute Gasteiger partial charge is 0.481 e. The molecule has 0 aliphatic carbocycles. The van der Waals surface area contributed by atoms with Gasteiger partial charge in [0.2, 0.25) is 5.88 Å². The van der Waals surface area contributed by atoms with Crippen LogP contribution < -0.4 is 15.4 Å². The first-order chi connectivity index (χ1) is 8.20. The normalized spacial score (nSPS) is 18.1. The molecule has 0 amide bonds. The Labute approximate surface area is 115 Å². The number of piperidine rings is 1. The summed E-state index contributed by atoms with van der Waals surface area (Å²) < 4.78 is 5.06. The molecule has 1 aromatic rings. The van der Waals surface area contributed by atoms with Crippen molar-refractivity contribution >= 4 is 18.1 Å². The number of ether oxygens (including phenoxy) is 1. The minimum atomic E-state index is 0. The van der Waals surface area contributed by atoms with E-state index in [1.165, 1.54) is 18.5 Å². The van der Waals surface area contributed by atoms with Gasteiger partial charge in [0.15, 0.2) is 0 Å². The van der Waals surface area contributed by atoms with Crippen LogP contribution in [0.25, 0.3) is 0 Å². The van der Waals surface area contributed by atoms with Crippen LogP contribution in [-0.4, -0.2) is 31.2 Å². The molecule has 1 unspecified atom stereocenters. The van der Waals surface area contributed by atoms with Crippen molar-refractivity contribution in [3.63, 3.8) is 0 Å². The van der Waals surface area contributed by atoms with Crippen LogP contribution in [0.5, 0.6) is 5.88 Å². The molecule has 102 valence electrons. The average molecular weight is 272 g/mol. The molecule has 0 radical (unpaired) electrons. The van der Waals surface area contributed by atoms with Gasteiger partial charge in [-0.2, -0.15) is 0 Å². The zero-order valence-electron chi connectivity index (χ0n) is 11.0. The molecule has 1 aliphatic heterocycles. The number of pyridine rings is 1. The zero-order chi connectivity index (χ0) is 12.3. The summed E-state index contributed by atoms with van der Waals surface area (Å²) in [6, 6.07) is 4.29. The summed E-state index contributed by atoms with van der Waals surface area (Å²) in [6.45, 7) is 4.25. The molecule has 1 aliphatic rings. The molecule has 0 bridgehead atoms. The predicted molar refractivity (Wildman–Crippen MR) is 76.6 cm³/mol. The third kappa shape index (κ3) is 3.50. The number of hydrogen-bond donors (Lipinski definition) is 1. The number of methoxy groups -OCH3 is 1. The Morgan fingerprint density at radius 1 is 1.39 bits per heavy atom. The lowest BCUT2D eigenvalue weighted by molar-refractivity contribution is 0.354. The highest BCUT2D eigenvalue weighted by atomic mass is 35.5. The molecule has 0 saturated carbocycles. The van der Waals surface area contributed by atoms with Gasteiger partial charge in [-0.25, -0.2) is 4.98 Å². The van der Waals surface area contributed by atoms with E-state index < -0.39 is 0 Å². The molecule has 2 N–H and O–H groups in total. The van der Waals surface area contributed by atoms with E-state index in [0.717, 1.165) is 13.1 Å². The van der Waals surface area contributed by atoms with Crippen molar-refractivity contribution in [1.82, 2.24) is 4.98 Å². The quantitative estimate of drug-likeness (QED) is 0.915. The van der Waals surface area contributed by atoms with Gasteiger partial charge in [-0.15, -0.1) is 12.4 Å². The van der Waals surface area contributed by atoms with E-state index in [1.54, 1.807) is 7.11 Å². The van der Waals surface area contributed by atoms with Gasteiger partial charge in [-0.05, 0) is 31.7 Å². The fourth-order valence-electron chi connectivity index (χ4n) is 2.36. The monoisotopic (exact) mass is 271 g/mol. The molecule has 1 aromatic heterocycles. The van der Waals surface area contributed by atoms with E-state index in [0.29, 0.717) is 17.8 Å². The minimum Gasteiger partial charge on any atom is -0.481 e. The second kappa shape index (κ2) is 6.81. The standard InChI is InChI=1S/C13H21N3O.ClH/c1-10(14)11-5-7-16(8-6-11)12-3-4-13(17-2)15-9-12;/h3-4,9-11H,5-8,14H2,1-2H3;1H. The Bertz CT molecular complexity index is 348. The summed E-state index contributed by atoms with van der Waals surface area (Å²) in [6.07, 6.45) is 4.22. The van der Waals surface area contributed by atoms with Crippen LogP contribution in [-0.2, 0) is 0 Å². The van der Waals surface area contributed by atoms with Crippen molar-refractivity contribution in [2.75, 3.05) is 25.1 Å². The number of halogens is 1. The summed E-state index contributed by atoms with van der Waals surface area (Å²) >= 11 is 0. The van der Waals surface area contributed by atoms with Crippen LogP contribution in [0.3, 0.4) is 0 Å². The summed E-state index contributed by atoms with van der Waals surface area (Å²) in [5.74, 6) is 1.33. The SMILES string of the molecule is COc1ccc(N2CCC(C(C)N)CC2)cn1.Cl. The molecule has 1 saturated heterocycles. The van der Waals surface area contributed by atoms with E-state index in [1.807, 2.05) is 12.3 Å². The lowest BCUT2D eigenvalue weighted by Gasteiger charge is -2.35.